The maximum Gasteiger partial charge on any atom is 0.216 e. The lowest BCUT2D eigenvalue weighted by atomic mass is 9.97. The molecule has 2 unspecified atom stereocenters. The number of nitrogens with one attached hydrogen (secondary N) is 1. The van der Waals surface area contributed by atoms with Gasteiger partial charge in [-0.2, -0.15) is 0 Å². The summed E-state index contributed by atoms with van der Waals surface area (Å²) in [5, 5.41) is 13.9. The zero-order chi connectivity index (χ0) is 15.2. The van der Waals surface area contributed by atoms with Crippen LogP contribution in [0.4, 0.5) is 0 Å². The number of carbonyl (C=O) groups excluding carboxylic acids is 1. The number of carbonyl (C=O) groups is 1. The van der Waals surface area contributed by atoms with Crippen molar-refractivity contribution in [2.24, 2.45) is 5.92 Å². The van der Waals surface area contributed by atoms with Gasteiger partial charge in [0.2, 0.25) is 5.91 Å². The minimum atomic E-state index is -0.525. The van der Waals surface area contributed by atoms with Crippen LogP contribution in [0.3, 0.4) is 0 Å². The van der Waals surface area contributed by atoms with Crippen LogP contribution < -0.4 is 5.32 Å². The SMILES string of the molecule is CC(=O)NCC1CCCN(CC(O)c2cccc(Cl)c2)C1. The summed E-state index contributed by atoms with van der Waals surface area (Å²) in [7, 11) is 0. The van der Waals surface area contributed by atoms with Crippen LogP contribution in [0.1, 0.15) is 31.4 Å². The standard InChI is InChI=1S/C16H23ClN2O2/c1-12(20)18-9-13-4-3-7-19(10-13)11-16(21)14-5-2-6-15(17)8-14/h2,5-6,8,13,16,21H,3-4,7,9-11H2,1H3,(H,18,20). The van der Waals surface area contributed by atoms with E-state index in [0.29, 0.717) is 17.5 Å². The number of rotatable bonds is 5. The van der Waals surface area contributed by atoms with E-state index in [4.69, 9.17) is 11.6 Å². The Bertz CT molecular complexity index is 481. The summed E-state index contributed by atoms with van der Waals surface area (Å²) in [6.07, 6.45) is 1.71. The van der Waals surface area contributed by atoms with Crippen LogP contribution >= 0.6 is 11.6 Å². The number of β-amino-alcohol motifs (C(OH)–C–C–N with tert-alkyl or cyclic N) is 1. The molecule has 5 heteroatoms. The molecule has 116 valence electrons. The second-order valence-electron chi connectivity index (χ2n) is 5.78. The first kappa shape index (κ1) is 16.3. The molecule has 1 aromatic carbocycles. The number of hydrogen-bond acceptors (Lipinski definition) is 3. The molecule has 1 heterocycles. The van der Waals surface area contributed by atoms with E-state index in [-0.39, 0.29) is 5.91 Å². The number of hydrogen-bond donors (Lipinski definition) is 2. The van der Waals surface area contributed by atoms with E-state index >= 15 is 0 Å². The fourth-order valence-electron chi connectivity index (χ4n) is 2.84. The number of piperidine rings is 1. The number of likely N-dealkylation sites (tertiary alicyclic amines) is 1. The van der Waals surface area contributed by atoms with Crippen LogP contribution in [-0.4, -0.2) is 42.1 Å². The Morgan fingerprint density at radius 3 is 3.10 bits per heavy atom. The number of benzene rings is 1. The molecule has 1 aromatic rings. The van der Waals surface area contributed by atoms with E-state index in [1.165, 1.54) is 0 Å². The second kappa shape index (κ2) is 7.78. The Labute approximate surface area is 131 Å². The molecule has 0 saturated carbocycles. The zero-order valence-electron chi connectivity index (χ0n) is 12.4. The minimum Gasteiger partial charge on any atom is -0.387 e. The van der Waals surface area contributed by atoms with Gasteiger partial charge in [0.1, 0.15) is 0 Å². The van der Waals surface area contributed by atoms with Crippen LogP contribution in [0.25, 0.3) is 0 Å². The van der Waals surface area contributed by atoms with Gasteiger partial charge in [-0.25, -0.2) is 0 Å². The monoisotopic (exact) mass is 310 g/mol. The lowest BCUT2D eigenvalue weighted by Gasteiger charge is -2.34. The Morgan fingerprint density at radius 2 is 2.38 bits per heavy atom. The lowest BCUT2D eigenvalue weighted by molar-refractivity contribution is -0.119. The molecule has 0 spiro atoms. The Hall–Kier alpha value is -1.10. The van der Waals surface area contributed by atoms with E-state index < -0.39 is 6.10 Å². The summed E-state index contributed by atoms with van der Waals surface area (Å²) in [5.41, 5.74) is 0.853. The average molecular weight is 311 g/mol. The van der Waals surface area contributed by atoms with Gasteiger partial charge in [0.05, 0.1) is 6.10 Å². The smallest absolute Gasteiger partial charge is 0.216 e. The highest BCUT2D eigenvalue weighted by molar-refractivity contribution is 6.30. The van der Waals surface area contributed by atoms with E-state index in [2.05, 4.69) is 10.2 Å². The van der Waals surface area contributed by atoms with E-state index in [1.807, 2.05) is 24.3 Å². The van der Waals surface area contributed by atoms with Crippen molar-refractivity contribution in [1.82, 2.24) is 10.2 Å². The van der Waals surface area contributed by atoms with Gasteiger partial charge in [-0.05, 0) is 43.0 Å². The van der Waals surface area contributed by atoms with Crippen LogP contribution in [0, 0.1) is 5.92 Å². The van der Waals surface area contributed by atoms with E-state index in [9.17, 15) is 9.90 Å². The number of halogens is 1. The van der Waals surface area contributed by atoms with Crippen LogP contribution in [0.5, 0.6) is 0 Å². The predicted octanol–water partition coefficient (Wildman–Crippen LogP) is 2.22. The molecule has 0 bridgehead atoms. The molecule has 0 aliphatic carbocycles. The number of nitrogens with zero attached hydrogens (tertiary/aromatic N) is 1. The first-order valence-corrected chi connectivity index (χ1v) is 7.82. The molecule has 2 N–H and O–H groups in total. The molecule has 4 nitrogen and oxygen atoms in total. The topological polar surface area (TPSA) is 52.6 Å². The van der Waals surface area contributed by atoms with Crippen molar-refractivity contribution in [3.63, 3.8) is 0 Å². The fourth-order valence-corrected chi connectivity index (χ4v) is 3.03. The van der Waals surface area contributed by atoms with Crippen LogP contribution in [0.15, 0.2) is 24.3 Å². The molecule has 1 fully saturated rings. The van der Waals surface area contributed by atoms with Crippen molar-refractivity contribution in [2.45, 2.75) is 25.9 Å². The van der Waals surface area contributed by atoms with Gasteiger partial charge in [-0.15, -0.1) is 0 Å². The van der Waals surface area contributed by atoms with E-state index in [1.54, 1.807) is 6.92 Å². The summed E-state index contributed by atoms with van der Waals surface area (Å²) in [6.45, 7) is 4.78. The van der Waals surface area contributed by atoms with Gasteiger partial charge in [-0.1, -0.05) is 23.7 Å². The highest BCUT2D eigenvalue weighted by Gasteiger charge is 2.22. The van der Waals surface area contributed by atoms with Crippen LogP contribution in [0.2, 0.25) is 5.02 Å². The van der Waals surface area contributed by atoms with Gasteiger partial charge in [0.15, 0.2) is 0 Å². The van der Waals surface area contributed by atoms with Gasteiger partial charge < -0.3 is 15.3 Å². The molecule has 2 atom stereocenters. The Kier molecular flexibility index (Phi) is 6.03. The quantitative estimate of drug-likeness (QED) is 0.877. The maximum absolute atomic E-state index is 11.0. The molecule has 0 radical (unpaired) electrons. The third kappa shape index (κ3) is 5.30. The predicted molar refractivity (Wildman–Crippen MR) is 84.3 cm³/mol. The van der Waals surface area contributed by atoms with Crippen LogP contribution in [-0.2, 0) is 4.79 Å². The second-order valence-corrected chi connectivity index (χ2v) is 6.21. The summed E-state index contributed by atoms with van der Waals surface area (Å²) in [5.74, 6) is 0.486. The molecular weight excluding hydrogens is 288 g/mol. The number of aliphatic hydroxyl groups excluding tert-OH is 1. The Balaban J connectivity index is 1.85. The van der Waals surface area contributed by atoms with Crippen molar-refractivity contribution in [3.05, 3.63) is 34.9 Å². The number of aliphatic hydroxyl groups is 1. The molecule has 1 amide bonds. The molecule has 21 heavy (non-hydrogen) atoms. The summed E-state index contributed by atoms with van der Waals surface area (Å²) in [4.78, 5) is 13.3. The summed E-state index contributed by atoms with van der Waals surface area (Å²) >= 11 is 5.96. The van der Waals surface area contributed by atoms with Gasteiger partial charge >= 0.3 is 0 Å². The normalized spacial score (nSPS) is 21.0. The fraction of sp³-hybridized carbons (Fsp3) is 0.562. The van der Waals surface area contributed by atoms with Gasteiger partial charge in [0, 0.05) is 31.6 Å². The lowest BCUT2D eigenvalue weighted by Crippen LogP contribution is -2.42. The third-order valence-electron chi connectivity index (χ3n) is 3.91. The molecule has 0 aromatic heterocycles. The molecule has 1 saturated heterocycles. The van der Waals surface area contributed by atoms with Crippen molar-refractivity contribution >= 4 is 17.5 Å². The molecule has 2 rings (SSSR count). The van der Waals surface area contributed by atoms with E-state index in [0.717, 1.165) is 38.0 Å². The van der Waals surface area contributed by atoms with Crippen molar-refractivity contribution in [3.8, 4) is 0 Å². The molecule has 1 aliphatic heterocycles. The highest BCUT2D eigenvalue weighted by Crippen LogP contribution is 2.22. The van der Waals surface area contributed by atoms with Crippen molar-refractivity contribution < 1.29 is 9.90 Å². The third-order valence-corrected chi connectivity index (χ3v) is 4.14. The maximum atomic E-state index is 11.0. The average Bonchev–Trinajstić information content (AvgIpc) is 2.45. The Morgan fingerprint density at radius 1 is 1.57 bits per heavy atom. The largest absolute Gasteiger partial charge is 0.387 e. The zero-order valence-corrected chi connectivity index (χ0v) is 13.1. The van der Waals surface area contributed by atoms with Crippen molar-refractivity contribution in [1.29, 1.82) is 0 Å². The summed E-state index contributed by atoms with van der Waals surface area (Å²) in [6, 6.07) is 7.37. The van der Waals surface area contributed by atoms with Gasteiger partial charge in [-0.3, -0.25) is 4.79 Å². The minimum absolute atomic E-state index is 0.0195. The first-order valence-electron chi connectivity index (χ1n) is 7.45. The molecular formula is C16H23ClN2O2. The summed E-state index contributed by atoms with van der Waals surface area (Å²) < 4.78 is 0. The number of amides is 1. The molecule has 1 aliphatic rings. The first-order chi connectivity index (χ1) is 10.0. The van der Waals surface area contributed by atoms with Gasteiger partial charge in [0.25, 0.3) is 0 Å². The van der Waals surface area contributed by atoms with Crippen molar-refractivity contribution in [2.75, 3.05) is 26.2 Å². The highest BCUT2D eigenvalue weighted by atomic mass is 35.5.